The minimum atomic E-state index is 0.570. The van der Waals surface area contributed by atoms with Gasteiger partial charge in [-0.25, -0.2) is 0 Å². The minimum Gasteiger partial charge on any atom is -0.493 e. The molecule has 0 aromatic heterocycles. The molecule has 2 aromatic rings. The number of ether oxygens (including phenoxy) is 5. The average molecular weight is 480 g/mol. The van der Waals surface area contributed by atoms with Crippen LogP contribution in [0.1, 0.15) is 56.6 Å². The Morgan fingerprint density at radius 2 is 1.27 bits per heavy atom. The van der Waals surface area contributed by atoms with Gasteiger partial charge in [-0.1, -0.05) is 50.6 Å². The summed E-state index contributed by atoms with van der Waals surface area (Å²) in [5.41, 5.74) is 1.94. The normalized spacial score (nSPS) is 10.7. The summed E-state index contributed by atoms with van der Waals surface area (Å²) in [5, 5.41) is 4.03. The molecule has 2 rings (SSSR count). The second kappa shape index (κ2) is 14.8. The van der Waals surface area contributed by atoms with E-state index in [9.17, 15) is 0 Å². The highest BCUT2D eigenvalue weighted by atomic mass is 35.5. The van der Waals surface area contributed by atoms with Gasteiger partial charge in [0.05, 0.1) is 35.0 Å². The van der Waals surface area contributed by atoms with Crippen LogP contribution in [0.4, 0.5) is 0 Å². The number of methoxy groups -OCH3 is 4. The molecule has 6 nitrogen and oxygen atoms in total. The van der Waals surface area contributed by atoms with Crippen molar-refractivity contribution in [1.29, 1.82) is 0 Å². The Bertz CT molecular complexity index is 834. The van der Waals surface area contributed by atoms with E-state index in [-0.39, 0.29) is 0 Å². The van der Waals surface area contributed by atoms with E-state index in [0.717, 1.165) is 17.5 Å². The van der Waals surface area contributed by atoms with E-state index in [1.807, 2.05) is 18.2 Å². The molecule has 0 atom stereocenters. The molecule has 0 heterocycles. The molecule has 0 spiro atoms. The Morgan fingerprint density at radius 3 is 1.88 bits per heavy atom. The first-order valence-electron chi connectivity index (χ1n) is 11.6. The summed E-state index contributed by atoms with van der Waals surface area (Å²) in [6, 6.07) is 7.60. The van der Waals surface area contributed by atoms with E-state index >= 15 is 0 Å². The average Bonchev–Trinajstić information content (AvgIpc) is 2.84. The summed E-state index contributed by atoms with van der Waals surface area (Å²) >= 11 is 6.40. The lowest BCUT2D eigenvalue weighted by atomic mass is 10.1. The fourth-order valence-corrected chi connectivity index (χ4v) is 3.83. The fourth-order valence-electron chi connectivity index (χ4n) is 3.61. The first-order chi connectivity index (χ1) is 16.1. The third kappa shape index (κ3) is 8.20. The molecule has 33 heavy (non-hydrogen) atoms. The molecule has 0 aliphatic carbocycles. The monoisotopic (exact) mass is 479 g/mol. The van der Waals surface area contributed by atoms with Gasteiger partial charge in [-0.2, -0.15) is 0 Å². The second-order valence-corrected chi connectivity index (χ2v) is 8.26. The smallest absolute Gasteiger partial charge is 0.203 e. The van der Waals surface area contributed by atoms with Crippen LogP contribution >= 0.6 is 11.6 Å². The fraction of sp³-hybridized carbons (Fsp3) is 0.538. The number of rotatable bonds is 16. The van der Waals surface area contributed by atoms with Crippen molar-refractivity contribution in [1.82, 2.24) is 5.32 Å². The molecular formula is C26H38ClNO5. The van der Waals surface area contributed by atoms with Crippen molar-refractivity contribution in [3.63, 3.8) is 0 Å². The maximum absolute atomic E-state index is 6.40. The van der Waals surface area contributed by atoms with E-state index in [4.69, 9.17) is 35.3 Å². The van der Waals surface area contributed by atoms with Crippen LogP contribution in [0.15, 0.2) is 24.3 Å². The molecule has 0 radical (unpaired) electrons. The first kappa shape index (κ1) is 26.9. The van der Waals surface area contributed by atoms with Gasteiger partial charge < -0.3 is 29.0 Å². The lowest BCUT2D eigenvalue weighted by Gasteiger charge is -2.17. The van der Waals surface area contributed by atoms with Gasteiger partial charge in [0.2, 0.25) is 5.75 Å². The predicted molar refractivity (Wildman–Crippen MR) is 134 cm³/mol. The molecule has 2 aromatic carbocycles. The van der Waals surface area contributed by atoms with Crippen LogP contribution < -0.4 is 29.0 Å². The van der Waals surface area contributed by atoms with Crippen LogP contribution in [0.25, 0.3) is 0 Å². The van der Waals surface area contributed by atoms with Crippen molar-refractivity contribution in [3.8, 4) is 28.7 Å². The van der Waals surface area contributed by atoms with E-state index in [1.54, 1.807) is 34.5 Å². The molecule has 0 aliphatic rings. The highest BCUT2D eigenvalue weighted by Crippen LogP contribution is 2.39. The molecule has 0 unspecified atom stereocenters. The highest BCUT2D eigenvalue weighted by Gasteiger charge is 2.15. The topological polar surface area (TPSA) is 58.2 Å². The first-order valence-corrected chi connectivity index (χ1v) is 11.9. The molecule has 0 saturated heterocycles. The van der Waals surface area contributed by atoms with Crippen molar-refractivity contribution in [3.05, 3.63) is 40.4 Å². The summed E-state index contributed by atoms with van der Waals surface area (Å²) in [6.45, 7) is 4.05. The van der Waals surface area contributed by atoms with Crippen LogP contribution in [0, 0.1) is 0 Å². The van der Waals surface area contributed by atoms with Gasteiger partial charge >= 0.3 is 0 Å². The van der Waals surface area contributed by atoms with Gasteiger partial charge in [-0.05, 0) is 35.7 Å². The van der Waals surface area contributed by atoms with Crippen molar-refractivity contribution in [2.45, 2.75) is 58.5 Å². The van der Waals surface area contributed by atoms with Gasteiger partial charge in [0.1, 0.15) is 0 Å². The van der Waals surface area contributed by atoms with Crippen LogP contribution in [0.2, 0.25) is 5.02 Å². The number of halogens is 1. The third-order valence-electron chi connectivity index (χ3n) is 5.46. The lowest BCUT2D eigenvalue weighted by Crippen LogP contribution is -2.14. The van der Waals surface area contributed by atoms with Crippen LogP contribution in [0.5, 0.6) is 28.7 Å². The SMILES string of the molecule is CCCCCCCCOc1c(OC)cc(CNCc2cc(OC)c(OC)cc2Cl)cc1OC. The van der Waals surface area contributed by atoms with Crippen molar-refractivity contribution in [2.75, 3.05) is 35.0 Å². The number of unbranched alkanes of at least 4 members (excludes halogenated alkanes) is 5. The maximum Gasteiger partial charge on any atom is 0.203 e. The van der Waals surface area contributed by atoms with Crippen molar-refractivity contribution in [2.24, 2.45) is 0 Å². The molecule has 0 saturated carbocycles. The summed E-state index contributed by atoms with van der Waals surface area (Å²) in [7, 11) is 6.49. The van der Waals surface area contributed by atoms with Gasteiger partial charge in [0.15, 0.2) is 23.0 Å². The van der Waals surface area contributed by atoms with Crippen LogP contribution in [-0.4, -0.2) is 35.0 Å². The van der Waals surface area contributed by atoms with E-state index in [0.29, 0.717) is 53.5 Å². The minimum absolute atomic E-state index is 0.570. The quantitative estimate of drug-likeness (QED) is 0.281. The summed E-state index contributed by atoms with van der Waals surface area (Å²) in [6.07, 6.45) is 7.29. The lowest BCUT2D eigenvalue weighted by molar-refractivity contribution is 0.267. The summed E-state index contributed by atoms with van der Waals surface area (Å²) in [4.78, 5) is 0. The highest BCUT2D eigenvalue weighted by molar-refractivity contribution is 6.31. The number of hydrogen-bond donors (Lipinski definition) is 1. The van der Waals surface area contributed by atoms with Crippen molar-refractivity contribution >= 4 is 11.6 Å². The van der Waals surface area contributed by atoms with E-state index < -0.39 is 0 Å². The number of hydrogen-bond acceptors (Lipinski definition) is 6. The van der Waals surface area contributed by atoms with E-state index in [2.05, 4.69) is 12.2 Å². The van der Waals surface area contributed by atoms with Gasteiger partial charge in [-0.15, -0.1) is 0 Å². The van der Waals surface area contributed by atoms with Gasteiger partial charge in [0.25, 0.3) is 0 Å². The predicted octanol–water partition coefficient (Wildman–Crippen LogP) is 6.40. The summed E-state index contributed by atoms with van der Waals surface area (Å²) < 4.78 is 27.9. The van der Waals surface area contributed by atoms with Gasteiger partial charge in [-0.3, -0.25) is 0 Å². The molecule has 1 N–H and O–H groups in total. The van der Waals surface area contributed by atoms with Crippen LogP contribution in [-0.2, 0) is 13.1 Å². The van der Waals surface area contributed by atoms with Crippen LogP contribution in [0.3, 0.4) is 0 Å². The Hall–Kier alpha value is -2.31. The second-order valence-electron chi connectivity index (χ2n) is 7.85. The molecule has 0 fully saturated rings. The number of benzene rings is 2. The standard InChI is InChI=1S/C26H38ClNO5/c1-6-7-8-9-10-11-12-33-26-24(31-4)13-19(14-25(26)32-5)17-28-18-20-15-22(29-2)23(30-3)16-21(20)27/h13-16,28H,6-12,17-18H2,1-5H3. The molecule has 7 heteroatoms. The Kier molecular flexibility index (Phi) is 12.0. The third-order valence-corrected chi connectivity index (χ3v) is 5.81. The molecular weight excluding hydrogens is 442 g/mol. The Morgan fingerprint density at radius 1 is 0.697 bits per heavy atom. The summed E-state index contributed by atoms with van der Waals surface area (Å²) in [5.74, 6) is 3.24. The maximum atomic E-state index is 6.40. The largest absolute Gasteiger partial charge is 0.493 e. The molecule has 0 aliphatic heterocycles. The zero-order valence-electron chi connectivity index (χ0n) is 20.6. The van der Waals surface area contributed by atoms with Gasteiger partial charge in [0, 0.05) is 24.2 Å². The molecule has 184 valence electrons. The zero-order chi connectivity index (χ0) is 24.1. The van der Waals surface area contributed by atoms with E-state index in [1.165, 1.54) is 32.1 Å². The Balaban J connectivity index is 1.98. The zero-order valence-corrected chi connectivity index (χ0v) is 21.3. The Labute approximate surface area is 203 Å². The van der Waals surface area contributed by atoms with Crippen molar-refractivity contribution < 1.29 is 23.7 Å². The molecule has 0 bridgehead atoms. The number of nitrogens with one attached hydrogen (secondary N) is 1. The molecule has 0 amide bonds.